The molecule has 3 unspecified atom stereocenters. The highest BCUT2D eigenvalue weighted by Gasteiger charge is 2.33. The summed E-state index contributed by atoms with van der Waals surface area (Å²) in [6.45, 7) is 6.69. The maximum absolute atomic E-state index is 3.65. The molecule has 0 bridgehead atoms. The van der Waals surface area contributed by atoms with Crippen molar-refractivity contribution in [2.75, 3.05) is 0 Å². The highest BCUT2D eigenvalue weighted by molar-refractivity contribution is 9.10. The Hall–Kier alpha value is -0.340. The number of rotatable bonds is 3. The second-order valence-electron chi connectivity index (χ2n) is 4.72. The molecule has 2 rings (SSSR count). The first-order chi connectivity index (χ1) is 7.08. The number of benzene rings is 1. The molecular weight excluding hydrogens is 250 g/mol. The van der Waals surface area contributed by atoms with Gasteiger partial charge in [0.15, 0.2) is 0 Å². The normalized spacial score (nSPS) is 26.4. The van der Waals surface area contributed by atoms with Crippen LogP contribution >= 0.6 is 15.9 Å². The highest BCUT2D eigenvalue weighted by atomic mass is 79.9. The van der Waals surface area contributed by atoms with Crippen LogP contribution in [0.25, 0.3) is 0 Å². The summed E-state index contributed by atoms with van der Waals surface area (Å²) in [6, 6.07) is 7.80. The highest BCUT2D eigenvalue weighted by Crippen LogP contribution is 2.32. The lowest BCUT2D eigenvalue weighted by molar-refractivity contribution is 0.551. The zero-order valence-electron chi connectivity index (χ0n) is 9.55. The molecule has 3 atom stereocenters. The number of hydrogen-bond donors (Lipinski definition) is 1. The van der Waals surface area contributed by atoms with E-state index in [-0.39, 0.29) is 0 Å². The van der Waals surface area contributed by atoms with E-state index in [1.54, 1.807) is 0 Å². The molecule has 1 saturated carbocycles. The lowest BCUT2D eigenvalue weighted by Gasteiger charge is -2.15. The summed E-state index contributed by atoms with van der Waals surface area (Å²) in [5, 5.41) is 3.65. The molecule has 1 nitrogen and oxygen atoms in total. The molecule has 0 heterocycles. The summed E-state index contributed by atoms with van der Waals surface area (Å²) in [5.74, 6) is 0.865. The average molecular weight is 268 g/mol. The molecule has 1 aliphatic rings. The van der Waals surface area contributed by atoms with E-state index in [9.17, 15) is 0 Å². The maximum atomic E-state index is 3.65. The summed E-state index contributed by atoms with van der Waals surface area (Å²) in [6.07, 6.45) is 1.33. The summed E-state index contributed by atoms with van der Waals surface area (Å²) in [7, 11) is 0. The van der Waals surface area contributed by atoms with Gasteiger partial charge >= 0.3 is 0 Å². The molecule has 1 fully saturated rings. The topological polar surface area (TPSA) is 12.0 Å². The van der Waals surface area contributed by atoms with Gasteiger partial charge in [-0.3, -0.25) is 0 Å². The lowest BCUT2D eigenvalue weighted by atomic mass is 10.1. The van der Waals surface area contributed by atoms with E-state index in [2.05, 4.69) is 60.2 Å². The Morgan fingerprint density at radius 1 is 1.47 bits per heavy atom. The SMILES string of the molecule is Cc1cc(C(C)NC2CC2C)ccc1Br. The predicted octanol–water partition coefficient (Wildman–Crippen LogP) is 3.82. The van der Waals surface area contributed by atoms with Crippen LogP contribution in [0.2, 0.25) is 0 Å². The molecule has 82 valence electrons. The second-order valence-corrected chi connectivity index (χ2v) is 5.57. The van der Waals surface area contributed by atoms with E-state index < -0.39 is 0 Å². The largest absolute Gasteiger partial charge is 0.307 e. The number of halogens is 1. The zero-order valence-corrected chi connectivity index (χ0v) is 11.1. The van der Waals surface area contributed by atoms with E-state index in [1.807, 2.05) is 0 Å². The molecule has 0 aromatic heterocycles. The van der Waals surface area contributed by atoms with Gasteiger partial charge in [0, 0.05) is 16.6 Å². The minimum Gasteiger partial charge on any atom is -0.307 e. The Balaban J connectivity index is 2.04. The van der Waals surface area contributed by atoms with Gasteiger partial charge < -0.3 is 5.32 Å². The standard InChI is InChI=1S/C13H18BrN/c1-8-6-11(4-5-12(8)14)10(3)15-13-7-9(13)2/h4-6,9-10,13,15H,7H2,1-3H3. The molecule has 1 aromatic rings. The third-order valence-electron chi connectivity index (χ3n) is 3.26. The monoisotopic (exact) mass is 267 g/mol. The molecule has 1 aliphatic carbocycles. The average Bonchev–Trinajstić information content (AvgIpc) is 2.86. The molecule has 0 saturated heterocycles. The van der Waals surface area contributed by atoms with Gasteiger partial charge in [-0.05, 0) is 43.4 Å². The molecule has 0 amide bonds. The van der Waals surface area contributed by atoms with Crippen LogP contribution in [0.4, 0.5) is 0 Å². The van der Waals surface area contributed by atoms with E-state index in [4.69, 9.17) is 0 Å². The van der Waals surface area contributed by atoms with Crippen molar-refractivity contribution in [1.29, 1.82) is 0 Å². The van der Waals surface area contributed by atoms with Crippen molar-refractivity contribution in [3.05, 3.63) is 33.8 Å². The smallest absolute Gasteiger partial charge is 0.0294 e. The molecule has 15 heavy (non-hydrogen) atoms. The summed E-state index contributed by atoms with van der Waals surface area (Å²) < 4.78 is 1.19. The second kappa shape index (κ2) is 4.26. The van der Waals surface area contributed by atoms with Gasteiger partial charge in [-0.15, -0.1) is 0 Å². The Morgan fingerprint density at radius 3 is 2.67 bits per heavy atom. The van der Waals surface area contributed by atoms with Gasteiger partial charge in [0.2, 0.25) is 0 Å². The van der Waals surface area contributed by atoms with Gasteiger partial charge in [-0.25, -0.2) is 0 Å². The predicted molar refractivity (Wildman–Crippen MR) is 68.0 cm³/mol. The summed E-state index contributed by atoms with van der Waals surface area (Å²) in [4.78, 5) is 0. The first-order valence-electron chi connectivity index (χ1n) is 5.60. The molecule has 0 spiro atoms. The third kappa shape index (κ3) is 2.61. The van der Waals surface area contributed by atoms with Crippen molar-refractivity contribution in [2.24, 2.45) is 5.92 Å². The van der Waals surface area contributed by atoms with Gasteiger partial charge in [-0.2, -0.15) is 0 Å². The molecule has 2 heteroatoms. The summed E-state index contributed by atoms with van der Waals surface area (Å²) >= 11 is 3.53. The molecule has 1 aromatic carbocycles. The molecular formula is C13H18BrN. The fraction of sp³-hybridized carbons (Fsp3) is 0.538. The van der Waals surface area contributed by atoms with Crippen LogP contribution < -0.4 is 5.32 Å². The van der Waals surface area contributed by atoms with Gasteiger partial charge in [-0.1, -0.05) is 35.0 Å². The van der Waals surface area contributed by atoms with Crippen molar-refractivity contribution in [3.63, 3.8) is 0 Å². The first kappa shape index (κ1) is 11.2. The molecule has 0 aliphatic heterocycles. The van der Waals surface area contributed by atoms with Crippen molar-refractivity contribution < 1.29 is 0 Å². The van der Waals surface area contributed by atoms with E-state index in [0.717, 1.165) is 12.0 Å². The van der Waals surface area contributed by atoms with Crippen molar-refractivity contribution in [2.45, 2.75) is 39.3 Å². The number of aryl methyl sites for hydroxylation is 1. The fourth-order valence-corrected chi connectivity index (χ4v) is 2.16. The van der Waals surface area contributed by atoms with Gasteiger partial charge in [0.05, 0.1) is 0 Å². The van der Waals surface area contributed by atoms with E-state index >= 15 is 0 Å². The Bertz CT molecular complexity index is 362. The molecule has 1 N–H and O–H groups in total. The van der Waals surface area contributed by atoms with Gasteiger partial charge in [0.1, 0.15) is 0 Å². The van der Waals surface area contributed by atoms with Crippen LogP contribution in [0, 0.1) is 12.8 Å². The van der Waals surface area contributed by atoms with E-state index in [0.29, 0.717) is 6.04 Å². The Labute approximate surface area is 100 Å². The minimum atomic E-state index is 0.465. The number of nitrogens with one attached hydrogen (secondary N) is 1. The molecule has 0 radical (unpaired) electrons. The van der Waals surface area contributed by atoms with Crippen molar-refractivity contribution >= 4 is 15.9 Å². The van der Waals surface area contributed by atoms with Gasteiger partial charge in [0.25, 0.3) is 0 Å². The lowest BCUT2D eigenvalue weighted by Crippen LogP contribution is -2.22. The number of hydrogen-bond acceptors (Lipinski definition) is 1. The fourth-order valence-electron chi connectivity index (χ4n) is 1.91. The maximum Gasteiger partial charge on any atom is 0.0294 e. The van der Waals surface area contributed by atoms with Crippen LogP contribution in [-0.2, 0) is 0 Å². The Kier molecular flexibility index (Phi) is 3.17. The van der Waals surface area contributed by atoms with Crippen LogP contribution in [0.1, 0.15) is 37.4 Å². The van der Waals surface area contributed by atoms with E-state index in [1.165, 1.54) is 22.0 Å². The van der Waals surface area contributed by atoms with Crippen LogP contribution in [0.5, 0.6) is 0 Å². The van der Waals surface area contributed by atoms with Crippen molar-refractivity contribution in [3.8, 4) is 0 Å². The first-order valence-corrected chi connectivity index (χ1v) is 6.39. The van der Waals surface area contributed by atoms with Crippen LogP contribution in [0.15, 0.2) is 22.7 Å². The quantitative estimate of drug-likeness (QED) is 0.878. The van der Waals surface area contributed by atoms with Crippen molar-refractivity contribution in [1.82, 2.24) is 5.32 Å². The Morgan fingerprint density at radius 2 is 2.13 bits per heavy atom. The van der Waals surface area contributed by atoms with Crippen LogP contribution in [0.3, 0.4) is 0 Å². The minimum absolute atomic E-state index is 0.465. The van der Waals surface area contributed by atoms with Crippen LogP contribution in [-0.4, -0.2) is 6.04 Å². The summed E-state index contributed by atoms with van der Waals surface area (Å²) in [5.41, 5.74) is 2.69. The third-order valence-corrected chi connectivity index (χ3v) is 4.15. The zero-order chi connectivity index (χ0) is 11.0.